The Morgan fingerprint density at radius 2 is 0.505 bits per heavy atom. The van der Waals surface area contributed by atoms with Gasteiger partial charge >= 0.3 is 0 Å². The van der Waals surface area contributed by atoms with Gasteiger partial charge in [-0.1, -0.05) is 230 Å². The molecule has 16 aromatic carbocycles. The lowest BCUT2D eigenvalue weighted by molar-refractivity contribution is 1.18. The molecular weight excluding hydrogens is 1270 g/mol. The number of rotatable bonds is 5. The Labute approximate surface area is 594 Å². The zero-order chi connectivity index (χ0) is 67.5. The van der Waals surface area contributed by atoms with Crippen LogP contribution >= 0.6 is 11.6 Å². The molecule has 0 bridgehead atoms. The molecule has 1 N–H and O–H groups in total. The van der Waals surface area contributed by atoms with Gasteiger partial charge in [0.05, 0.1) is 66.2 Å². The molecule has 0 aliphatic heterocycles. The molecule has 0 saturated carbocycles. The van der Waals surface area contributed by atoms with Gasteiger partial charge in [0.15, 0.2) is 0 Å². The Morgan fingerprint density at radius 3 is 0.971 bits per heavy atom. The summed E-state index contributed by atoms with van der Waals surface area (Å²) in [5.41, 5.74) is 25.7. The summed E-state index contributed by atoms with van der Waals surface area (Å²) in [6.45, 7) is 0. The minimum absolute atomic E-state index is 0.780. The Kier molecular flexibility index (Phi) is 12.5. The Hall–Kier alpha value is -13.4. The third-order valence-corrected chi connectivity index (χ3v) is 22.1. The second-order valence-corrected chi connectivity index (χ2v) is 27.8. The zero-order valence-corrected chi connectivity index (χ0v) is 56.4. The highest BCUT2D eigenvalue weighted by Gasteiger charge is 2.22. The SMILES string of the molecule is Clc1ccc2c3cccc4c5ccccc5n(c2c1)c43.c1ccc(-n2c3ccccc3c3cc(-c4ccc5[nH]c6ccccc6c5c4)ccc32)cc1.c1ccc(-n2c3ccccc3c3cc(-c4ccc5c(c4)c4ccccc4n5-c4ccc5c6cccc7c8ccccc8n(c5c4)c76)ccc32)cc1. The van der Waals surface area contributed by atoms with Crippen LogP contribution in [0.5, 0.6) is 0 Å². The molecule has 0 aliphatic carbocycles. The number of benzene rings is 16. The lowest BCUT2D eigenvalue weighted by Gasteiger charge is -2.10. The van der Waals surface area contributed by atoms with Crippen LogP contribution in [0.4, 0.5) is 0 Å². The van der Waals surface area contributed by atoms with Gasteiger partial charge in [0.1, 0.15) is 0 Å². The molecule has 480 valence electrons. The maximum atomic E-state index is 6.21. The second-order valence-electron chi connectivity index (χ2n) is 27.3. The molecule has 0 atom stereocenters. The predicted octanol–water partition coefficient (Wildman–Crippen LogP) is 26.3. The van der Waals surface area contributed by atoms with Gasteiger partial charge in [-0.3, -0.25) is 0 Å². The van der Waals surface area contributed by atoms with Gasteiger partial charge in [-0.2, -0.15) is 0 Å². The van der Waals surface area contributed by atoms with Crippen molar-refractivity contribution in [3.05, 3.63) is 357 Å². The summed E-state index contributed by atoms with van der Waals surface area (Å²) >= 11 is 6.21. The maximum Gasteiger partial charge on any atom is 0.0620 e. The van der Waals surface area contributed by atoms with E-state index in [4.69, 9.17) is 11.6 Å². The molecule has 6 nitrogen and oxygen atoms in total. The molecule has 0 unspecified atom stereocenters. The lowest BCUT2D eigenvalue weighted by atomic mass is 10.0. The van der Waals surface area contributed by atoms with Crippen LogP contribution in [0.2, 0.25) is 5.02 Å². The van der Waals surface area contributed by atoms with Gasteiger partial charge in [0, 0.05) is 119 Å². The van der Waals surface area contributed by atoms with E-state index in [1.807, 2.05) is 6.07 Å². The molecule has 0 spiro atoms. The number of hydrogen-bond donors (Lipinski definition) is 1. The average Bonchev–Trinajstić information content (AvgIpc) is 1.55. The molecule has 24 aromatic rings. The highest BCUT2D eigenvalue weighted by atomic mass is 35.5. The molecule has 103 heavy (non-hydrogen) atoms. The third kappa shape index (κ3) is 8.56. The summed E-state index contributed by atoms with van der Waals surface area (Å²) in [5, 5.41) is 21.3. The van der Waals surface area contributed by atoms with Crippen LogP contribution in [-0.4, -0.2) is 27.5 Å². The Morgan fingerprint density at radius 1 is 0.184 bits per heavy atom. The van der Waals surface area contributed by atoms with E-state index in [2.05, 4.69) is 373 Å². The van der Waals surface area contributed by atoms with E-state index in [9.17, 15) is 0 Å². The molecule has 7 heteroatoms. The van der Waals surface area contributed by atoms with Gasteiger partial charge in [-0.15, -0.1) is 0 Å². The van der Waals surface area contributed by atoms with Crippen molar-refractivity contribution >= 4 is 175 Å². The fourth-order valence-electron chi connectivity index (χ4n) is 17.4. The van der Waals surface area contributed by atoms with Crippen molar-refractivity contribution in [2.24, 2.45) is 0 Å². The summed E-state index contributed by atoms with van der Waals surface area (Å²) in [7, 11) is 0. The van der Waals surface area contributed by atoms with Gasteiger partial charge in [0.25, 0.3) is 0 Å². The number of para-hydroxylation sites is 10. The molecule has 0 radical (unpaired) electrons. The van der Waals surface area contributed by atoms with Crippen molar-refractivity contribution in [1.82, 2.24) is 27.5 Å². The smallest absolute Gasteiger partial charge is 0.0620 e. The first kappa shape index (κ1) is 57.5. The van der Waals surface area contributed by atoms with Crippen LogP contribution in [0.15, 0.2) is 352 Å². The van der Waals surface area contributed by atoms with Crippen molar-refractivity contribution in [1.29, 1.82) is 0 Å². The van der Waals surface area contributed by atoms with E-state index in [0.29, 0.717) is 0 Å². The monoisotopic (exact) mass is 1330 g/mol. The maximum absolute atomic E-state index is 6.21. The molecule has 8 heterocycles. The number of hydrogen-bond acceptors (Lipinski definition) is 0. The highest BCUT2D eigenvalue weighted by Crippen LogP contribution is 2.45. The summed E-state index contributed by atoms with van der Waals surface area (Å²) < 4.78 is 12.0. The van der Waals surface area contributed by atoms with Crippen LogP contribution in [0, 0.1) is 0 Å². The molecule has 8 aromatic heterocycles. The molecule has 0 saturated heterocycles. The van der Waals surface area contributed by atoms with Crippen molar-refractivity contribution in [3.8, 4) is 39.3 Å². The molecular formula is C96H59ClN6. The van der Waals surface area contributed by atoms with Gasteiger partial charge in [-0.05, 0) is 156 Å². The summed E-state index contributed by atoms with van der Waals surface area (Å²) in [6, 6.07) is 127. The molecule has 0 amide bonds. The number of nitrogens with zero attached hydrogens (tertiary/aromatic N) is 5. The number of nitrogens with one attached hydrogen (secondary N) is 1. The fourth-order valence-corrected chi connectivity index (χ4v) is 17.6. The van der Waals surface area contributed by atoms with Gasteiger partial charge in [0.2, 0.25) is 0 Å². The molecule has 0 aliphatic rings. The minimum Gasteiger partial charge on any atom is -0.355 e. The minimum atomic E-state index is 0.780. The normalized spacial score (nSPS) is 12.1. The first-order valence-electron chi connectivity index (χ1n) is 35.2. The third-order valence-electron chi connectivity index (χ3n) is 21.9. The highest BCUT2D eigenvalue weighted by molar-refractivity contribution is 6.32. The number of fused-ring (bicyclic) bond motifs is 24. The molecule has 0 fully saturated rings. The fraction of sp³-hybridized carbons (Fsp3) is 0. The first-order chi connectivity index (χ1) is 51.0. The topological polar surface area (TPSA) is 39.4 Å². The van der Waals surface area contributed by atoms with Crippen LogP contribution in [0.25, 0.3) is 203 Å². The number of H-pyrrole nitrogens is 1. The van der Waals surface area contributed by atoms with Crippen molar-refractivity contribution in [3.63, 3.8) is 0 Å². The lowest BCUT2D eigenvalue weighted by Crippen LogP contribution is -1.94. The van der Waals surface area contributed by atoms with E-state index >= 15 is 0 Å². The van der Waals surface area contributed by atoms with E-state index in [0.717, 1.165) is 5.02 Å². The van der Waals surface area contributed by atoms with E-state index < -0.39 is 0 Å². The molecule has 24 rings (SSSR count). The second kappa shape index (κ2) is 22.3. The van der Waals surface area contributed by atoms with Crippen molar-refractivity contribution in [2.45, 2.75) is 0 Å². The van der Waals surface area contributed by atoms with E-state index in [-0.39, 0.29) is 0 Å². The van der Waals surface area contributed by atoms with Crippen LogP contribution in [0.1, 0.15) is 0 Å². The first-order valence-corrected chi connectivity index (χ1v) is 35.6. The van der Waals surface area contributed by atoms with E-state index in [1.54, 1.807) is 0 Å². The quantitative estimate of drug-likeness (QED) is 0.178. The van der Waals surface area contributed by atoms with Gasteiger partial charge in [-0.25, -0.2) is 0 Å². The number of aromatic amines is 1. The predicted molar refractivity (Wildman–Crippen MR) is 437 cm³/mol. The number of halogens is 1. The summed E-state index contributed by atoms with van der Waals surface area (Å²) in [5.74, 6) is 0. The average molecular weight is 1330 g/mol. The van der Waals surface area contributed by atoms with Gasteiger partial charge < -0.3 is 27.5 Å². The van der Waals surface area contributed by atoms with E-state index in [1.165, 1.54) is 203 Å². The largest absolute Gasteiger partial charge is 0.355 e. The summed E-state index contributed by atoms with van der Waals surface area (Å²) in [6.07, 6.45) is 0. The Balaban J connectivity index is 0.000000109. The summed E-state index contributed by atoms with van der Waals surface area (Å²) in [4.78, 5) is 3.53. The number of aromatic nitrogens is 6. The van der Waals surface area contributed by atoms with Crippen molar-refractivity contribution in [2.75, 3.05) is 0 Å². The van der Waals surface area contributed by atoms with Crippen molar-refractivity contribution < 1.29 is 0 Å². The standard InChI is InChI=1S/C48H29N3.C30H20N2.C18H10ClN/c1-2-11-32(12-3-1)49-42-18-7-5-14-35(42)40-27-30(21-25-45(40)49)31-22-26-46-41(28-31)36-15-6-8-19-43(36)50(46)33-23-24-37-39-17-10-16-38-34-13-4-9-20-44(34)51(48(38)39)47(37)29-33;1-2-8-22(9-3-1)32-29-13-7-5-11-24(29)26-19-21(15-17-30(26)32)20-14-16-28-25(18-20)23-10-4-6-12-27(23)31-28;19-11-8-9-13-15-6-3-5-14-12-4-1-2-7-16(12)20(18(14)15)17(13)10-11/h1-29H;1-19,31H;1-10H. The zero-order valence-electron chi connectivity index (χ0n) is 55.6. The Bertz CT molecular complexity index is 7570. The van der Waals surface area contributed by atoms with Crippen LogP contribution in [-0.2, 0) is 0 Å². The van der Waals surface area contributed by atoms with Crippen LogP contribution in [0.3, 0.4) is 0 Å². The van der Waals surface area contributed by atoms with Crippen LogP contribution < -0.4 is 0 Å².